The van der Waals surface area contributed by atoms with Crippen molar-refractivity contribution in [2.75, 3.05) is 0 Å². The van der Waals surface area contributed by atoms with E-state index in [1.165, 1.54) is 11.3 Å². The zero-order valence-electron chi connectivity index (χ0n) is 4.83. The minimum absolute atomic E-state index is 0.318. The summed E-state index contributed by atoms with van der Waals surface area (Å²) >= 11 is 4.43. The predicted molar refractivity (Wildman–Crippen MR) is 42.4 cm³/mol. The van der Waals surface area contributed by atoms with Gasteiger partial charge in [0.1, 0.15) is 0 Å². The Morgan fingerprint density at radius 1 is 1.70 bits per heavy atom. The number of rotatable bonds is 2. The third-order valence-electron chi connectivity index (χ3n) is 0.917. The van der Waals surface area contributed by atoms with Crippen molar-refractivity contribution in [1.82, 2.24) is 0 Å². The molecule has 0 amide bonds. The number of thiophene rings is 1. The van der Waals surface area contributed by atoms with Crippen LogP contribution in [0.3, 0.4) is 0 Å². The van der Waals surface area contributed by atoms with Crippen molar-refractivity contribution in [3.05, 3.63) is 20.8 Å². The molecule has 10 heavy (non-hydrogen) atoms. The van der Waals surface area contributed by atoms with Crippen molar-refractivity contribution in [3.8, 4) is 0 Å². The van der Waals surface area contributed by atoms with E-state index in [9.17, 15) is 9.59 Å². The van der Waals surface area contributed by atoms with E-state index < -0.39 is 5.78 Å². The Kier molecular flexibility index (Phi) is 2.34. The monoisotopic (exact) mass is 218 g/mol. The summed E-state index contributed by atoms with van der Waals surface area (Å²) in [6.07, 6.45) is 0.318. The third kappa shape index (κ3) is 1.52. The number of hydrogen-bond acceptors (Lipinski definition) is 3. The van der Waals surface area contributed by atoms with E-state index in [4.69, 9.17) is 0 Å². The smallest absolute Gasteiger partial charge is 0.235 e. The minimum atomic E-state index is -0.462. The van der Waals surface area contributed by atoms with Crippen molar-refractivity contribution in [2.24, 2.45) is 0 Å². The molecular formula is C6H3BrO2S. The first-order valence-corrected chi connectivity index (χ1v) is 4.15. The summed E-state index contributed by atoms with van der Waals surface area (Å²) in [4.78, 5) is 21.1. The Bertz CT molecular complexity index is 266. The highest BCUT2D eigenvalue weighted by Gasteiger charge is 2.05. The predicted octanol–water partition coefficient (Wildman–Crippen LogP) is 1.89. The Morgan fingerprint density at radius 2 is 2.40 bits per heavy atom. The van der Waals surface area contributed by atoms with Crippen LogP contribution in [0.4, 0.5) is 0 Å². The average Bonchev–Trinajstić information content (AvgIpc) is 2.34. The topological polar surface area (TPSA) is 34.1 Å². The SMILES string of the molecule is O=CC(=O)c1cc(Br)cs1. The second-order valence-electron chi connectivity index (χ2n) is 1.61. The van der Waals surface area contributed by atoms with Gasteiger partial charge in [-0.25, -0.2) is 0 Å². The second kappa shape index (κ2) is 3.07. The van der Waals surface area contributed by atoms with Gasteiger partial charge < -0.3 is 0 Å². The lowest BCUT2D eigenvalue weighted by atomic mass is 10.3. The Hall–Kier alpha value is -0.480. The van der Waals surface area contributed by atoms with Gasteiger partial charge in [-0.1, -0.05) is 0 Å². The van der Waals surface area contributed by atoms with E-state index >= 15 is 0 Å². The van der Waals surface area contributed by atoms with E-state index in [1.54, 1.807) is 11.4 Å². The number of Topliss-reactive ketones (excluding diaryl/α,β-unsaturated/α-hetero) is 1. The van der Waals surface area contributed by atoms with Crippen molar-refractivity contribution >= 4 is 39.3 Å². The van der Waals surface area contributed by atoms with E-state index in [1.807, 2.05) is 0 Å². The van der Waals surface area contributed by atoms with Crippen molar-refractivity contribution in [3.63, 3.8) is 0 Å². The van der Waals surface area contributed by atoms with Gasteiger partial charge in [0.25, 0.3) is 0 Å². The molecule has 0 fully saturated rings. The van der Waals surface area contributed by atoms with Crippen LogP contribution < -0.4 is 0 Å². The van der Waals surface area contributed by atoms with Gasteiger partial charge in [0.15, 0.2) is 6.29 Å². The number of aldehydes is 1. The molecule has 4 heteroatoms. The Labute approximate surface area is 70.0 Å². The molecule has 0 atom stereocenters. The molecule has 0 aliphatic rings. The molecule has 1 heterocycles. The zero-order valence-corrected chi connectivity index (χ0v) is 7.24. The van der Waals surface area contributed by atoms with Crippen LogP contribution in [0.5, 0.6) is 0 Å². The number of halogens is 1. The largest absolute Gasteiger partial charge is 0.294 e. The number of carbonyl (C=O) groups excluding carboxylic acids is 2. The summed E-state index contributed by atoms with van der Waals surface area (Å²) in [5.41, 5.74) is 0. The van der Waals surface area contributed by atoms with E-state index in [2.05, 4.69) is 15.9 Å². The number of hydrogen-bond donors (Lipinski definition) is 0. The van der Waals surface area contributed by atoms with Gasteiger partial charge in [0.05, 0.1) is 4.88 Å². The van der Waals surface area contributed by atoms with Crippen LogP contribution in [0, 0.1) is 0 Å². The lowest BCUT2D eigenvalue weighted by Crippen LogP contribution is -1.94. The molecule has 0 spiro atoms. The van der Waals surface area contributed by atoms with Gasteiger partial charge in [-0.15, -0.1) is 11.3 Å². The maximum atomic E-state index is 10.6. The van der Waals surface area contributed by atoms with Crippen LogP contribution in [0.25, 0.3) is 0 Å². The van der Waals surface area contributed by atoms with Gasteiger partial charge in [-0.2, -0.15) is 0 Å². The fourth-order valence-electron chi connectivity index (χ4n) is 0.500. The van der Waals surface area contributed by atoms with Gasteiger partial charge >= 0.3 is 0 Å². The number of carbonyl (C=O) groups is 2. The molecule has 0 aromatic carbocycles. The lowest BCUT2D eigenvalue weighted by Gasteiger charge is -1.79. The molecule has 0 N–H and O–H groups in total. The molecule has 52 valence electrons. The summed E-state index contributed by atoms with van der Waals surface area (Å²) < 4.78 is 0.836. The molecule has 0 unspecified atom stereocenters. The second-order valence-corrected chi connectivity index (χ2v) is 3.44. The fourth-order valence-corrected chi connectivity index (χ4v) is 1.83. The lowest BCUT2D eigenvalue weighted by molar-refractivity contribution is -0.104. The fraction of sp³-hybridized carbons (Fsp3) is 0. The van der Waals surface area contributed by atoms with E-state index in [0.29, 0.717) is 11.2 Å². The van der Waals surface area contributed by atoms with Gasteiger partial charge in [-0.05, 0) is 22.0 Å². The highest BCUT2D eigenvalue weighted by Crippen LogP contribution is 2.19. The van der Waals surface area contributed by atoms with Crippen LogP contribution >= 0.6 is 27.3 Å². The molecule has 1 rings (SSSR count). The summed E-state index contributed by atoms with van der Waals surface area (Å²) in [5.74, 6) is -0.462. The van der Waals surface area contributed by atoms with Crippen molar-refractivity contribution < 1.29 is 9.59 Å². The molecule has 2 nitrogen and oxygen atoms in total. The van der Waals surface area contributed by atoms with Gasteiger partial charge in [0.2, 0.25) is 5.78 Å². The summed E-state index contributed by atoms with van der Waals surface area (Å²) in [5, 5.41) is 1.76. The van der Waals surface area contributed by atoms with Crippen LogP contribution in [-0.4, -0.2) is 12.1 Å². The minimum Gasteiger partial charge on any atom is -0.294 e. The van der Waals surface area contributed by atoms with E-state index in [-0.39, 0.29) is 0 Å². The maximum Gasteiger partial charge on any atom is 0.235 e. The molecule has 0 aliphatic carbocycles. The van der Waals surface area contributed by atoms with Gasteiger partial charge in [-0.3, -0.25) is 9.59 Å². The first-order valence-electron chi connectivity index (χ1n) is 2.47. The highest BCUT2D eigenvalue weighted by atomic mass is 79.9. The Balaban J connectivity index is 2.95. The Morgan fingerprint density at radius 3 is 2.80 bits per heavy atom. The first-order chi connectivity index (χ1) is 4.74. The molecule has 0 aliphatic heterocycles. The van der Waals surface area contributed by atoms with Crippen LogP contribution in [0.15, 0.2) is 15.9 Å². The standard InChI is InChI=1S/C6H3BrO2S/c7-4-1-6(10-3-4)5(9)2-8/h1-3H. The first kappa shape index (κ1) is 7.63. The molecule has 0 bridgehead atoms. The normalized spacial score (nSPS) is 9.30. The van der Waals surface area contributed by atoms with Gasteiger partial charge in [0, 0.05) is 9.85 Å². The molecule has 0 saturated heterocycles. The molecular weight excluding hydrogens is 216 g/mol. The van der Waals surface area contributed by atoms with Crippen molar-refractivity contribution in [2.45, 2.75) is 0 Å². The average molecular weight is 219 g/mol. The maximum absolute atomic E-state index is 10.6. The zero-order chi connectivity index (χ0) is 7.56. The number of ketones is 1. The molecule has 1 aromatic rings. The molecule has 1 aromatic heterocycles. The van der Waals surface area contributed by atoms with Crippen LogP contribution in [0.2, 0.25) is 0 Å². The summed E-state index contributed by atoms with van der Waals surface area (Å²) in [6.45, 7) is 0. The third-order valence-corrected chi connectivity index (χ3v) is 2.62. The van der Waals surface area contributed by atoms with Crippen LogP contribution in [-0.2, 0) is 4.79 Å². The highest BCUT2D eigenvalue weighted by molar-refractivity contribution is 9.10. The van der Waals surface area contributed by atoms with Crippen molar-refractivity contribution in [1.29, 1.82) is 0 Å². The quantitative estimate of drug-likeness (QED) is 0.432. The van der Waals surface area contributed by atoms with E-state index in [0.717, 1.165) is 4.47 Å². The summed E-state index contributed by atoms with van der Waals surface area (Å²) in [7, 11) is 0. The van der Waals surface area contributed by atoms with Crippen LogP contribution in [0.1, 0.15) is 9.67 Å². The molecule has 0 saturated carbocycles. The molecule has 0 radical (unpaired) electrons. The summed E-state index contributed by atoms with van der Waals surface area (Å²) in [6, 6.07) is 1.63.